The van der Waals surface area contributed by atoms with Crippen molar-refractivity contribution < 1.29 is 9.15 Å². The van der Waals surface area contributed by atoms with E-state index in [0.717, 1.165) is 36.6 Å². The van der Waals surface area contributed by atoms with Crippen LogP contribution in [0.4, 0.5) is 0 Å². The van der Waals surface area contributed by atoms with Gasteiger partial charge in [0, 0.05) is 23.9 Å². The number of ether oxygens (including phenoxy) is 1. The molecule has 0 saturated carbocycles. The fourth-order valence-corrected chi connectivity index (χ4v) is 4.43. The molecule has 36 heavy (non-hydrogen) atoms. The van der Waals surface area contributed by atoms with Crippen LogP contribution in [0.5, 0.6) is 5.75 Å². The lowest BCUT2D eigenvalue weighted by Crippen LogP contribution is -2.25. The van der Waals surface area contributed by atoms with E-state index in [0.29, 0.717) is 24.1 Å². The third-order valence-electron chi connectivity index (χ3n) is 5.75. The topological polar surface area (TPSA) is 63.4 Å². The summed E-state index contributed by atoms with van der Waals surface area (Å²) in [5.41, 5.74) is 3.47. The normalized spacial score (nSPS) is 12.1. The maximum atomic E-state index is 5.91. The molecule has 188 valence electrons. The van der Waals surface area contributed by atoms with Crippen LogP contribution in [-0.4, -0.2) is 48.1 Å². The first-order valence-corrected chi connectivity index (χ1v) is 13.4. The molecule has 0 amide bonds. The van der Waals surface area contributed by atoms with Crippen LogP contribution in [0.3, 0.4) is 0 Å². The van der Waals surface area contributed by atoms with Gasteiger partial charge in [0.2, 0.25) is 11.8 Å². The lowest BCUT2D eigenvalue weighted by Gasteiger charge is -2.21. The minimum absolute atomic E-state index is 0.259. The Morgan fingerprint density at radius 1 is 0.917 bits per heavy atom. The summed E-state index contributed by atoms with van der Waals surface area (Å²) in [7, 11) is 4.22. The van der Waals surface area contributed by atoms with Crippen LogP contribution in [-0.2, 0) is 12.3 Å². The molecule has 1 unspecified atom stereocenters. The highest BCUT2D eigenvalue weighted by molar-refractivity contribution is 7.98. The quantitative estimate of drug-likeness (QED) is 0.218. The predicted octanol–water partition coefficient (Wildman–Crippen LogP) is 5.83. The number of thioether (sulfide) groups is 1. The monoisotopic (exact) mass is 502 g/mol. The van der Waals surface area contributed by atoms with Gasteiger partial charge >= 0.3 is 0 Å². The summed E-state index contributed by atoms with van der Waals surface area (Å²) in [6.07, 6.45) is 1.02. The highest BCUT2D eigenvalue weighted by atomic mass is 32.2. The number of aromatic nitrogens is 2. The van der Waals surface area contributed by atoms with Gasteiger partial charge in [0.05, 0.1) is 12.4 Å². The lowest BCUT2D eigenvalue weighted by atomic mass is 10.0. The van der Waals surface area contributed by atoms with Crippen LogP contribution >= 0.6 is 11.8 Å². The van der Waals surface area contributed by atoms with E-state index in [1.165, 1.54) is 11.1 Å². The van der Waals surface area contributed by atoms with Gasteiger partial charge in [-0.25, -0.2) is 0 Å². The largest absolute Gasteiger partial charge is 0.493 e. The molecule has 0 radical (unpaired) electrons. The molecule has 0 aliphatic rings. The van der Waals surface area contributed by atoms with E-state index < -0.39 is 0 Å². The van der Waals surface area contributed by atoms with Crippen molar-refractivity contribution in [2.75, 3.05) is 33.0 Å². The number of rotatable bonds is 14. The number of nitrogens with one attached hydrogen (secondary N) is 1. The number of nitrogens with zero attached hydrogens (tertiary/aromatic N) is 3. The molecule has 0 aliphatic heterocycles. The average Bonchev–Trinajstić information content (AvgIpc) is 3.39. The van der Waals surface area contributed by atoms with Crippen molar-refractivity contribution in [1.82, 2.24) is 20.4 Å². The number of para-hydroxylation sites is 1. The molecule has 4 rings (SSSR count). The third kappa shape index (κ3) is 8.22. The third-order valence-corrected chi connectivity index (χ3v) is 6.66. The van der Waals surface area contributed by atoms with Gasteiger partial charge < -0.3 is 19.4 Å². The van der Waals surface area contributed by atoms with Gasteiger partial charge in [0.1, 0.15) is 5.75 Å². The average molecular weight is 503 g/mol. The zero-order valence-electron chi connectivity index (χ0n) is 21.0. The smallest absolute Gasteiger partial charge is 0.247 e. The summed E-state index contributed by atoms with van der Waals surface area (Å²) >= 11 is 1.72. The van der Waals surface area contributed by atoms with Crippen LogP contribution in [0.15, 0.2) is 89.3 Å². The summed E-state index contributed by atoms with van der Waals surface area (Å²) in [5, 5.41) is 12.2. The Morgan fingerprint density at radius 2 is 1.64 bits per heavy atom. The Bertz CT molecular complexity index is 1150. The molecule has 1 aromatic heterocycles. The van der Waals surface area contributed by atoms with Gasteiger partial charge in [0.25, 0.3) is 0 Å². The molecule has 1 atom stereocenters. The van der Waals surface area contributed by atoms with E-state index in [1.54, 1.807) is 11.8 Å². The lowest BCUT2D eigenvalue weighted by molar-refractivity contribution is 0.344. The Balaban J connectivity index is 1.29. The molecular weight excluding hydrogens is 468 g/mol. The first kappa shape index (κ1) is 25.9. The first-order valence-electron chi connectivity index (χ1n) is 12.3. The van der Waals surface area contributed by atoms with Crippen molar-refractivity contribution in [2.45, 2.75) is 24.8 Å². The van der Waals surface area contributed by atoms with E-state index in [9.17, 15) is 0 Å². The second-order valence-corrected chi connectivity index (χ2v) is 9.95. The van der Waals surface area contributed by atoms with Gasteiger partial charge in [-0.1, -0.05) is 60.7 Å². The van der Waals surface area contributed by atoms with Crippen molar-refractivity contribution in [3.63, 3.8) is 0 Å². The SMILES string of the molecule is CN(C)CCC(NCc1ccccc1)c1ccc(-c2nnc(CSCCOc3ccccc3)o2)cc1. The van der Waals surface area contributed by atoms with Crippen molar-refractivity contribution in [3.8, 4) is 17.2 Å². The minimum Gasteiger partial charge on any atom is -0.493 e. The number of benzene rings is 3. The predicted molar refractivity (Wildman–Crippen MR) is 147 cm³/mol. The van der Waals surface area contributed by atoms with E-state index >= 15 is 0 Å². The molecule has 1 heterocycles. The second-order valence-electron chi connectivity index (χ2n) is 8.85. The molecule has 6 nitrogen and oxygen atoms in total. The molecule has 0 aliphatic carbocycles. The zero-order valence-corrected chi connectivity index (χ0v) is 21.8. The molecule has 0 saturated heterocycles. The summed E-state index contributed by atoms with van der Waals surface area (Å²) < 4.78 is 11.6. The molecule has 0 spiro atoms. The second kappa shape index (κ2) is 13.8. The summed E-state index contributed by atoms with van der Waals surface area (Å²) in [5.74, 6) is 3.60. The first-order chi connectivity index (χ1) is 17.7. The molecule has 0 bridgehead atoms. The van der Waals surface area contributed by atoms with Crippen molar-refractivity contribution in [2.24, 2.45) is 0 Å². The fourth-order valence-electron chi connectivity index (χ4n) is 3.79. The van der Waals surface area contributed by atoms with Gasteiger partial charge in [-0.05, 0) is 62.5 Å². The van der Waals surface area contributed by atoms with Crippen molar-refractivity contribution >= 4 is 11.8 Å². The summed E-state index contributed by atoms with van der Waals surface area (Å²) in [6.45, 7) is 2.49. The van der Waals surface area contributed by atoms with Gasteiger partial charge in [-0.3, -0.25) is 0 Å². The molecule has 1 N–H and O–H groups in total. The standard InChI is InChI=1S/C29H34N4O2S/c1-33(2)18-17-27(30-21-23-9-5-3-6-10-23)24-13-15-25(16-14-24)29-32-31-28(35-29)22-36-20-19-34-26-11-7-4-8-12-26/h3-16,27,30H,17-22H2,1-2H3. The van der Waals surface area contributed by atoms with Crippen LogP contribution in [0.1, 0.15) is 29.5 Å². The van der Waals surface area contributed by atoms with Gasteiger partial charge in [-0.15, -0.1) is 22.0 Å². The van der Waals surface area contributed by atoms with E-state index in [2.05, 4.69) is 83.0 Å². The molecule has 3 aromatic carbocycles. The van der Waals surface area contributed by atoms with Crippen molar-refractivity contribution in [1.29, 1.82) is 0 Å². The summed E-state index contributed by atoms with van der Waals surface area (Å²) in [4.78, 5) is 2.22. The Kier molecular flexibility index (Phi) is 9.96. The number of hydrogen-bond donors (Lipinski definition) is 1. The van der Waals surface area contributed by atoms with E-state index in [4.69, 9.17) is 9.15 Å². The highest BCUT2D eigenvalue weighted by Crippen LogP contribution is 2.24. The summed E-state index contributed by atoms with van der Waals surface area (Å²) in [6, 6.07) is 29.1. The maximum absolute atomic E-state index is 5.91. The molecule has 4 aromatic rings. The number of hydrogen-bond acceptors (Lipinski definition) is 7. The fraction of sp³-hybridized carbons (Fsp3) is 0.310. The van der Waals surface area contributed by atoms with Crippen molar-refractivity contribution in [3.05, 3.63) is 102 Å². The van der Waals surface area contributed by atoms with E-state index in [-0.39, 0.29) is 6.04 Å². The van der Waals surface area contributed by atoms with Gasteiger partial charge in [-0.2, -0.15) is 0 Å². The van der Waals surface area contributed by atoms with Crippen LogP contribution in [0.25, 0.3) is 11.5 Å². The van der Waals surface area contributed by atoms with E-state index in [1.807, 2.05) is 36.4 Å². The maximum Gasteiger partial charge on any atom is 0.247 e. The molecule has 0 fully saturated rings. The highest BCUT2D eigenvalue weighted by Gasteiger charge is 2.14. The van der Waals surface area contributed by atoms with Crippen LogP contribution in [0, 0.1) is 0 Å². The molecule has 7 heteroatoms. The molecular formula is C29H34N4O2S. The minimum atomic E-state index is 0.259. The van der Waals surface area contributed by atoms with Gasteiger partial charge in [0.15, 0.2) is 0 Å². The Hall–Kier alpha value is -3.13. The Morgan fingerprint density at radius 3 is 2.36 bits per heavy atom. The van der Waals surface area contributed by atoms with Crippen LogP contribution < -0.4 is 10.1 Å². The Labute approximate surface area is 218 Å². The van der Waals surface area contributed by atoms with Crippen LogP contribution in [0.2, 0.25) is 0 Å². The zero-order chi connectivity index (χ0) is 25.0.